The second kappa shape index (κ2) is 5.41. The molecule has 2 rings (SSSR count). The maximum absolute atomic E-state index is 11.7. The molecule has 0 unspecified atom stereocenters. The summed E-state index contributed by atoms with van der Waals surface area (Å²) in [6, 6.07) is 0. The lowest BCUT2D eigenvalue weighted by molar-refractivity contribution is 0.0517. The lowest BCUT2D eigenvalue weighted by Crippen LogP contribution is -2.22. The number of carbonyl (C=O) groups is 1. The highest BCUT2D eigenvalue weighted by molar-refractivity contribution is 5.88. The van der Waals surface area contributed by atoms with Gasteiger partial charge in [-0.2, -0.15) is 5.10 Å². The lowest BCUT2D eigenvalue weighted by atomic mass is 10.4. The Hall–Kier alpha value is -2.22. The molecule has 0 aliphatic rings. The molecule has 18 heavy (non-hydrogen) atoms. The van der Waals surface area contributed by atoms with Crippen LogP contribution in [-0.4, -0.2) is 37.8 Å². The minimum absolute atomic E-state index is 0. The van der Waals surface area contributed by atoms with Gasteiger partial charge in [-0.25, -0.2) is 14.5 Å². The van der Waals surface area contributed by atoms with Crippen LogP contribution in [0.15, 0.2) is 11.0 Å². The van der Waals surface area contributed by atoms with Crippen molar-refractivity contribution >= 4 is 17.1 Å². The Morgan fingerprint density at radius 1 is 1.50 bits per heavy atom. The summed E-state index contributed by atoms with van der Waals surface area (Å²) in [4.78, 5) is 29.6. The van der Waals surface area contributed by atoms with Gasteiger partial charge in [0, 0.05) is 6.54 Å². The Balaban J connectivity index is 0.00000162. The van der Waals surface area contributed by atoms with Crippen molar-refractivity contribution in [2.75, 3.05) is 6.61 Å². The number of carbonyl (C=O) groups excluding carboxylic acids is 1. The molecule has 0 amide bonds. The van der Waals surface area contributed by atoms with E-state index in [4.69, 9.17) is 4.74 Å². The zero-order valence-electron chi connectivity index (χ0n) is 10.1. The highest BCUT2D eigenvalue weighted by Crippen LogP contribution is 2.06. The van der Waals surface area contributed by atoms with Gasteiger partial charge in [0.05, 0.1) is 12.8 Å². The standard InChI is InChI=1S/C10H12N4O3.H2O/c1-3-14-8-6(5-11-14)12-7(9(15)13-8)10(16)17-4-2;/h5H,3-4H2,1-2H3,(H,13,15);1H2. The van der Waals surface area contributed by atoms with E-state index in [-0.39, 0.29) is 17.8 Å². The van der Waals surface area contributed by atoms with Gasteiger partial charge in [-0.3, -0.25) is 4.79 Å². The Bertz CT molecular complexity index is 616. The smallest absolute Gasteiger partial charge is 0.362 e. The minimum Gasteiger partial charge on any atom is -0.461 e. The molecule has 0 spiro atoms. The zero-order valence-corrected chi connectivity index (χ0v) is 10.1. The molecule has 8 heteroatoms. The number of aryl methyl sites for hydroxylation is 1. The molecule has 0 saturated carbocycles. The average molecular weight is 254 g/mol. The van der Waals surface area contributed by atoms with Crippen LogP contribution in [0.2, 0.25) is 0 Å². The predicted molar refractivity (Wildman–Crippen MR) is 63.4 cm³/mol. The molecule has 2 aromatic heterocycles. The molecular weight excluding hydrogens is 240 g/mol. The normalized spacial score (nSPS) is 10.1. The number of aromatic amines is 1. The van der Waals surface area contributed by atoms with Crippen LogP contribution in [-0.2, 0) is 11.3 Å². The van der Waals surface area contributed by atoms with Crippen LogP contribution in [0.1, 0.15) is 24.3 Å². The Morgan fingerprint density at radius 2 is 2.22 bits per heavy atom. The van der Waals surface area contributed by atoms with Crippen molar-refractivity contribution in [1.82, 2.24) is 19.7 Å². The van der Waals surface area contributed by atoms with E-state index in [0.29, 0.717) is 17.7 Å². The van der Waals surface area contributed by atoms with Crippen LogP contribution in [0, 0.1) is 0 Å². The largest absolute Gasteiger partial charge is 0.461 e. The molecule has 0 aliphatic heterocycles. The first kappa shape index (κ1) is 13.8. The molecule has 0 radical (unpaired) electrons. The molecule has 0 aromatic carbocycles. The van der Waals surface area contributed by atoms with Gasteiger partial charge < -0.3 is 15.2 Å². The van der Waals surface area contributed by atoms with Gasteiger partial charge in [0.25, 0.3) is 5.56 Å². The van der Waals surface area contributed by atoms with Crippen LogP contribution in [0.5, 0.6) is 0 Å². The number of nitrogens with one attached hydrogen (secondary N) is 1. The summed E-state index contributed by atoms with van der Waals surface area (Å²) in [6.07, 6.45) is 1.50. The summed E-state index contributed by atoms with van der Waals surface area (Å²) in [7, 11) is 0. The third kappa shape index (κ3) is 2.23. The monoisotopic (exact) mass is 254 g/mol. The second-order valence-electron chi connectivity index (χ2n) is 3.33. The summed E-state index contributed by atoms with van der Waals surface area (Å²) >= 11 is 0. The molecule has 98 valence electrons. The molecule has 0 aliphatic carbocycles. The number of H-pyrrole nitrogens is 1. The van der Waals surface area contributed by atoms with Crippen molar-refractivity contribution in [3.8, 4) is 0 Å². The molecule has 0 atom stereocenters. The fraction of sp³-hybridized carbons (Fsp3) is 0.400. The number of hydrogen-bond donors (Lipinski definition) is 1. The van der Waals surface area contributed by atoms with E-state index in [0.717, 1.165) is 0 Å². The fourth-order valence-corrected chi connectivity index (χ4v) is 1.50. The second-order valence-corrected chi connectivity index (χ2v) is 3.33. The molecule has 2 aromatic rings. The van der Waals surface area contributed by atoms with E-state index in [1.807, 2.05) is 6.92 Å². The zero-order chi connectivity index (χ0) is 12.4. The first-order valence-corrected chi connectivity index (χ1v) is 5.30. The number of fused-ring (bicyclic) bond motifs is 1. The molecule has 0 fully saturated rings. The Morgan fingerprint density at radius 3 is 2.83 bits per heavy atom. The van der Waals surface area contributed by atoms with Gasteiger partial charge in [0.15, 0.2) is 5.65 Å². The van der Waals surface area contributed by atoms with Crippen molar-refractivity contribution in [1.29, 1.82) is 0 Å². The van der Waals surface area contributed by atoms with Gasteiger partial charge in [-0.15, -0.1) is 0 Å². The van der Waals surface area contributed by atoms with E-state index >= 15 is 0 Å². The van der Waals surface area contributed by atoms with Gasteiger partial charge in [-0.05, 0) is 13.8 Å². The van der Waals surface area contributed by atoms with Crippen molar-refractivity contribution in [2.24, 2.45) is 0 Å². The van der Waals surface area contributed by atoms with Crippen molar-refractivity contribution in [3.63, 3.8) is 0 Å². The van der Waals surface area contributed by atoms with E-state index < -0.39 is 11.5 Å². The Labute approximate surface area is 102 Å². The summed E-state index contributed by atoms with van der Waals surface area (Å²) < 4.78 is 6.34. The molecule has 8 nitrogen and oxygen atoms in total. The number of esters is 1. The molecule has 2 heterocycles. The van der Waals surface area contributed by atoms with Crippen LogP contribution in [0.3, 0.4) is 0 Å². The third-order valence-corrected chi connectivity index (χ3v) is 2.27. The minimum atomic E-state index is -0.722. The number of rotatable bonds is 3. The van der Waals surface area contributed by atoms with Crippen molar-refractivity contribution < 1.29 is 15.0 Å². The maximum atomic E-state index is 11.7. The highest BCUT2D eigenvalue weighted by Gasteiger charge is 2.16. The Kier molecular flexibility index (Phi) is 4.16. The summed E-state index contributed by atoms with van der Waals surface area (Å²) in [5.74, 6) is -0.722. The van der Waals surface area contributed by atoms with Gasteiger partial charge in [0.1, 0.15) is 5.52 Å². The average Bonchev–Trinajstić information content (AvgIpc) is 2.70. The first-order chi connectivity index (χ1) is 8.17. The molecule has 0 bridgehead atoms. The van der Waals surface area contributed by atoms with Gasteiger partial charge >= 0.3 is 5.97 Å². The third-order valence-electron chi connectivity index (χ3n) is 2.27. The van der Waals surface area contributed by atoms with Crippen LogP contribution >= 0.6 is 0 Å². The lowest BCUT2D eigenvalue weighted by Gasteiger charge is -2.01. The number of ether oxygens (including phenoxy) is 1. The van der Waals surface area contributed by atoms with Crippen LogP contribution in [0.4, 0.5) is 0 Å². The van der Waals surface area contributed by atoms with E-state index in [9.17, 15) is 9.59 Å². The van der Waals surface area contributed by atoms with E-state index in [1.54, 1.807) is 11.6 Å². The van der Waals surface area contributed by atoms with E-state index in [1.165, 1.54) is 6.20 Å². The van der Waals surface area contributed by atoms with Crippen LogP contribution in [0.25, 0.3) is 11.2 Å². The SMILES string of the molecule is CCOC(=O)c1nc2cnn(CC)c2[nH]c1=O.O. The molecule has 3 N–H and O–H groups in total. The number of nitrogens with zero attached hydrogens (tertiary/aromatic N) is 3. The molecule has 0 saturated heterocycles. The maximum Gasteiger partial charge on any atom is 0.362 e. The van der Waals surface area contributed by atoms with Gasteiger partial charge in [-0.1, -0.05) is 0 Å². The number of hydrogen-bond acceptors (Lipinski definition) is 5. The molecular formula is C10H14N4O4. The first-order valence-electron chi connectivity index (χ1n) is 5.30. The van der Waals surface area contributed by atoms with Gasteiger partial charge in [0.2, 0.25) is 5.69 Å². The topological polar surface area (TPSA) is 121 Å². The quantitative estimate of drug-likeness (QED) is 0.739. The summed E-state index contributed by atoms with van der Waals surface area (Å²) in [5.41, 5.74) is 0.168. The fourth-order valence-electron chi connectivity index (χ4n) is 1.50. The predicted octanol–water partition coefficient (Wildman–Crippen LogP) is -0.508. The van der Waals surface area contributed by atoms with E-state index in [2.05, 4.69) is 15.1 Å². The summed E-state index contributed by atoms with van der Waals surface area (Å²) in [6.45, 7) is 4.37. The van der Waals surface area contributed by atoms with Crippen molar-refractivity contribution in [3.05, 3.63) is 22.2 Å². The number of aromatic nitrogens is 4. The summed E-state index contributed by atoms with van der Waals surface area (Å²) in [5, 5.41) is 4.03. The highest BCUT2D eigenvalue weighted by atomic mass is 16.5. The van der Waals surface area contributed by atoms with Crippen molar-refractivity contribution in [2.45, 2.75) is 20.4 Å². The van der Waals surface area contributed by atoms with Crippen LogP contribution < -0.4 is 5.56 Å².